The van der Waals surface area contributed by atoms with Crippen molar-refractivity contribution in [1.29, 1.82) is 0 Å². The van der Waals surface area contributed by atoms with Gasteiger partial charge in [0.1, 0.15) is 0 Å². The first-order valence-corrected chi connectivity index (χ1v) is 8.39. The van der Waals surface area contributed by atoms with Crippen molar-refractivity contribution in [2.45, 2.75) is 39.0 Å². The van der Waals surface area contributed by atoms with Gasteiger partial charge in [0.05, 0.1) is 12.5 Å². The monoisotopic (exact) mass is 341 g/mol. The lowest BCUT2D eigenvalue weighted by atomic mass is 9.93. The van der Waals surface area contributed by atoms with Gasteiger partial charge in [0.15, 0.2) is 0 Å². The lowest BCUT2D eigenvalue weighted by molar-refractivity contribution is -0.143. The van der Waals surface area contributed by atoms with Crippen LogP contribution in [0, 0.1) is 0 Å². The van der Waals surface area contributed by atoms with Crippen LogP contribution in [0.4, 0.5) is 0 Å². The highest BCUT2D eigenvalue weighted by Gasteiger charge is 2.16. The molecule has 5 heteroatoms. The molecule has 5 nitrogen and oxygen atoms in total. The van der Waals surface area contributed by atoms with Crippen molar-refractivity contribution >= 4 is 11.9 Å². The van der Waals surface area contributed by atoms with Gasteiger partial charge < -0.3 is 9.84 Å². The molecule has 2 aromatic rings. The smallest absolute Gasteiger partial charge is 0.310 e. The number of ether oxygens (including phenoxy) is 1. The molecular formula is C20H23NO4. The van der Waals surface area contributed by atoms with E-state index >= 15 is 0 Å². The summed E-state index contributed by atoms with van der Waals surface area (Å²) in [5.74, 6) is -1.70. The molecule has 0 amide bonds. The average molecular weight is 341 g/mol. The normalized spacial score (nSPS) is 11.8. The molecule has 0 aliphatic heterocycles. The number of hydrogen-bond donors (Lipinski definition) is 1. The van der Waals surface area contributed by atoms with Gasteiger partial charge in [-0.05, 0) is 61.1 Å². The van der Waals surface area contributed by atoms with E-state index in [9.17, 15) is 14.7 Å². The summed E-state index contributed by atoms with van der Waals surface area (Å²) in [4.78, 5) is 27.0. The topological polar surface area (TPSA) is 76.5 Å². The first-order valence-electron chi connectivity index (χ1n) is 8.39. The Balaban J connectivity index is 2.24. The highest BCUT2D eigenvalue weighted by Crippen LogP contribution is 2.22. The Bertz CT molecular complexity index is 728. The Morgan fingerprint density at radius 2 is 1.80 bits per heavy atom. The van der Waals surface area contributed by atoms with Gasteiger partial charge in [0.2, 0.25) is 0 Å². The summed E-state index contributed by atoms with van der Waals surface area (Å²) < 4.78 is 4.97. The van der Waals surface area contributed by atoms with Crippen LogP contribution in [0.1, 0.15) is 48.4 Å². The molecule has 0 saturated carbocycles. The number of aliphatic carboxylic acids is 1. The van der Waals surface area contributed by atoms with Crippen LogP contribution in [0.15, 0.2) is 42.7 Å². The molecule has 0 saturated heterocycles. The van der Waals surface area contributed by atoms with Crippen LogP contribution in [-0.4, -0.2) is 28.6 Å². The van der Waals surface area contributed by atoms with E-state index in [2.05, 4.69) is 4.98 Å². The van der Waals surface area contributed by atoms with Crippen LogP contribution >= 0.6 is 0 Å². The Morgan fingerprint density at radius 3 is 2.44 bits per heavy atom. The van der Waals surface area contributed by atoms with Gasteiger partial charge in [-0.2, -0.15) is 0 Å². The molecule has 0 spiro atoms. The number of hydrogen-bond acceptors (Lipinski definition) is 4. The van der Waals surface area contributed by atoms with Crippen LogP contribution in [0.5, 0.6) is 0 Å². The van der Waals surface area contributed by atoms with Gasteiger partial charge in [-0.1, -0.05) is 18.2 Å². The molecule has 1 unspecified atom stereocenters. The van der Waals surface area contributed by atoms with Gasteiger partial charge in [0.25, 0.3) is 0 Å². The van der Waals surface area contributed by atoms with Gasteiger partial charge in [0, 0.05) is 18.8 Å². The second kappa shape index (κ2) is 8.97. The second-order valence-electron chi connectivity index (χ2n) is 5.98. The maximum Gasteiger partial charge on any atom is 0.310 e. The molecular weight excluding hydrogens is 318 g/mol. The zero-order valence-electron chi connectivity index (χ0n) is 14.6. The molecule has 25 heavy (non-hydrogen) atoms. The molecule has 0 bridgehead atoms. The van der Waals surface area contributed by atoms with E-state index in [1.807, 2.05) is 30.3 Å². The van der Waals surface area contributed by atoms with E-state index in [4.69, 9.17) is 4.74 Å². The molecule has 0 fully saturated rings. The minimum Gasteiger partial charge on any atom is -0.481 e. The minimum atomic E-state index is -0.864. The number of carboxylic acid groups (broad SMARTS) is 1. The van der Waals surface area contributed by atoms with Crippen LogP contribution in [0.2, 0.25) is 0 Å². The predicted octanol–water partition coefficient (Wildman–Crippen LogP) is 3.36. The number of nitrogens with zero attached hydrogens (tertiary/aromatic N) is 1. The minimum absolute atomic E-state index is 0.241. The van der Waals surface area contributed by atoms with Gasteiger partial charge in [-0.25, -0.2) is 0 Å². The number of rotatable bonds is 8. The summed E-state index contributed by atoms with van der Waals surface area (Å²) in [6.07, 6.45) is 4.98. The summed E-state index contributed by atoms with van der Waals surface area (Å²) in [6, 6.07) is 9.69. The average Bonchev–Trinajstić information content (AvgIpc) is 2.60. The Labute approximate surface area is 147 Å². The number of esters is 1. The summed E-state index contributed by atoms with van der Waals surface area (Å²) in [5, 5.41) is 9.31. The molecule has 1 atom stereocenters. The summed E-state index contributed by atoms with van der Waals surface area (Å²) in [5.41, 5.74) is 3.82. The quantitative estimate of drug-likeness (QED) is 0.745. The fourth-order valence-electron chi connectivity index (χ4n) is 2.65. The Hall–Kier alpha value is -2.69. The lowest BCUT2D eigenvalue weighted by Gasteiger charge is -2.13. The Morgan fingerprint density at radius 1 is 1.12 bits per heavy atom. The molecule has 132 valence electrons. The third-order valence-corrected chi connectivity index (χ3v) is 4.03. The van der Waals surface area contributed by atoms with Crippen LogP contribution in [0.25, 0.3) is 0 Å². The number of carboxylic acids is 1. The van der Waals surface area contributed by atoms with E-state index in [0.29, 0.717) is 19.4 Å². The number of benzene rings is 1. The third kappa shape index (κ3) is 5.71. The van der Waals surface area contributed by atoms with Crippen molar-refractivity contribution in [1.82, 2.24) is 4.98 Å². The number of carbonyl (C=O) groups excluding carboxylic acids is 1. The summed E-state index contributed by atoms with van der Waals surface area (Å²) >= 11 is 0. The molecule has 0 radical (unpaired) electrons. The van der Waals surface area contributed by atoms with Crippen molar-refractivity contribution in [3.05, 3.63) is 65.0 Å². The lowest BCUT2D eigenvalue weighted by Crippen LogP contribution is -2.09. The molecule has 0 aliphatic rings. The molecule has 2 rings (SSSR count). The number of aromatic nitrogens is 1. The van der Waals surface area contributed by atoms with Gasteiger partial charge in [-0.15, -0.1) is 0 Å². The van der Waals surface area contributed by atoms with E-state index in [1.54, 1.807) is 26.2 Å². The van der Waals surface area contributed by atoms with Crippen molar-refractivity contribution in [3.63, 3.8) is 0 Å². The first-order chi connectivity index (χ1) is 12.0. The number of aryl methyl sites for hydroxylation is 1. The molecule has 1 N–H and O–H groups in total. The van der Waals surface area contributed by atoms with Crippen molar-refractivity contribution in [3.8, 4) is 0 Å². The fraction of sp³-hybridized carbons (Fsp3) is 0.350. The summed E-state index contributed by atoms with van der Waals surface area (Å²) in [6.45, 7) is 3.81. The van der Waals surface area contributed by atoms with Crippen LogP contribution in [0.3, 0.4) is 0 Å². The molecule has 1 aromatic carbocycles. The van der Waals surface area contributed by atoms with E-state index in [1.165, 1.54) is 0 Å². The third-order valence-electron chi connectivity index (χ3n) is 4.03. The maximum absolute atomic E-state index is 11.6. The predicted molar refractivity (Wildman–Crippen MR) is 94.5 cm³/mol. The van der Waals surface area contributed by atoms with Gasteiger partial charge >= 0.3 is 11.9 Å². The van der Waals surface area contributed by atoms with Gasteiger partial charge in [-0.3, -0.25) is 14.6 Å². The number of carbonyl (C=O) groups is 2. The molecule has 1 aromatic heterocycles. The molecule has 0 aliphatic carbocycles. The van der Waals surface area contributed by atoms with Crippen molar-refractivity contribution in [2.75, 3.05) is 6.61 Å². The maximum atomic E-state index is 11.6. The van der Waals surface area contributed by atoms with Crippen LogP contribution in [-0.2, 0) is 27.2 Å². The second-order valence-corrected chi connectivity index (χ2v) is 5.98. The summed E-state index contributed by atoms with van der Waals surface area (Å²) in [7, 11) is 0. The van der Waals surface area contributed by atoms with Crippen LogP contribution < -0.4 is 0 Å². The largest absolute Gasteiger partial charge is 0.481 e. The zero-order chi connectivity index (χ0) is 18.2. The van der Waals surface area contributed by atoms with E-state index in [0.717, 1.165) is 22.3 Å². The first kappa shape index (κ1) is 18.6. The van der Waals surface area contributed by atoms with E-state index < -0.39 is 11.9 Å². The zero-order valence-corrected chi connectivity index (χ0v) is 14.6. The Kier molecular flexibility index (Phi) is 6.69. The van der Waals surface area contributed by atoms with E-state index in [-0.39, 0.29) is 12.4 Å². The standard InChI is InChI=1S/C20H23NO4/c1-3-25-19(22)5-4-16-11-17(10-15-6-8-21-9-7-15)13-18(12-16)14(2)20(23)24/h6-9,11-14H,3-5,10H2,1-2H3,(H,23,24). The highest BCUT2D eigenvalue weighted by atomic mass is 16.5. The SMILES string of the molecule is CCOC(=O)CCc1cc(Cc2ccncc2)cc(C(C)C(=O)O)c1. The molecule has 1 heterocycles. The fourth-order valence-corrected chi connectivity index (χ4v) is 2.65. The number of pyridine rings is 1. The van der Waals surface area contributed by atoms with Crippen molar-refractivity contribution in [2.24, 2.45) is 0 Å². The van der Waals surface area contributed by atoms with Crippen molar-refractivity contribution < 1.29 is 19.4 Å². The highest BCUT2D eigenvalue weighted by molar-refractivity contribution is 5.75.